The number of likely N-dealkylation sites (tertiary alicyclic amines) is 1. The molecule has 0 saturated carbocycles. The lowest BCUT2D eigenvalue weighted by atomic mass is 9.82. The number of halogens is 1. The Balaban J connectivity index is 1.78. The lowest BCUT2D eigenvalue weighted by Gasteiger charge is -2.36. The standard InChI is InChI=1S/C24H27ClN4O3S/c1-23(2,3)16-6-5-15(11-17(16)25)21(30)29-13-18(28-9-7-26-8-10-28)20(19-12-27-14-33-19)24(29,4)22(31)32/h5-9,11-12,14,18,20H,10,13H2,1-4H3,(H,31,32)/t18-,20?,24+/m1/s1. The van der Waals surface area contributed by atoms with E-state index < -0.39 is 17.4 Å². The van der Waals surface area contributed by atoms with Crippen LogP contribution in [0.4, 0.5) is 0 Å². The van der Waals surface area contributed by atoms with Gasteiger partial charge in [0.1, 0.15) is 5.54 Å². The van der Waals surface area contributed by atoms with Gasteiger partial charge in [-0.2, -0.15) is 0 Å². The van der Waals surface area contributed by atoms with Crippen LogP contribution in [0.25, 0.3) is 0 Å². The van der Waals surface area contributed by atoms with Crippen molar-refractivity contribution in [1.29, 1.82) is 0 Å². The van der Waals surface area contributed by atoms with Gasteiger partial charge in [0.05, 0.1) is 24.0 Å². The molecule has 174 valence electrons. The summed E-state index contributed by atoms with van der Waals surface area (Å²) >= 11 is 7.94. The molecule has 1 fully saturated rings. The molecule has 0 bridgehead atoms. The van der Waals surface area contributed by atoms with Gasteiger partial charge in [-0.15, -0.1) is 11.3 Å². The van der Waals surface area contributed by atoms with Gasteiger partial charge in [0.25, 0.3) is 5.91 Å². The molecule has 1 amide bonds. The van der Waals surface area contributed by atoms with Gasteiger partial charge >= 0.3 is 5.97 Å². The Morgan fingerprint density at radius 1 is 1.30 bits per heavy atom. The van der Waals surface area contributed by atoms with Crippen LogP contribution in [-0.4, -0.2) is 62.7 Å². The first-order chi connectivity index (χ1) is 15.5. The predicted molar refractivity (Wildman–Crippen MR) is 130 cm³/mol. The number of benzene rings is 1. The van der Waals surface area contributed by atoms with E-state index >= 15 is 0 Å². The first-order valence-corrected chi connectivity index (χ1v) is 12.0. The van der Waals surface area contributed by atoms with Gasteiger partial charge in [0.2, 0.25) is 0 Å². The number of hydrogen-bond donors (Lipinski definition) is 1. The summed E-state index contributed by atoms with van der Waals surface area (Å²) < 4.78 is 0. The third kappa shape index (κ3) is 4.06. The van der Waals surface area contributed by atoms with Gasteiger partial charge in [0, 0.05) is 46.8 Å². The van der Waals surface area contributed by atoms with E-state index in [-0.39, 0.29) is 23.9 Å². The fraction of sp³-hybridized carbons (Fsp3) is 0.417. The van der Waals surface area contributed by atoms with Crippen LogP contribution in [0.5, 0.6) is 0 Å². The monoisotopic (exact) mass is 486 g/mol. The molecule has 4 rings (SSSR count). The minimum Gasteiger partial charge on any atom is -0.479 e. The molecule has 2 aliphatic heterocycles. The number of amides is 1. The normalized spacial score (nSPS) is 25.0. The lowest BCUT2D eigenvalue weighted by Crippen LogP contribution is -2.53. The summed E-state index contributed by atoms with van der Waals surface area (Å²) in [4.78, 5) is 39.2. The molecule has 1 N–H and O–H groups in total. The SMILES string of the molecule is CC(C)(C)c1ccc(C(=O)N2C[C@@H](N3C=CN=CC3)C(c3cncs3)[C@@]2(C)C(=O)O)cc1Cl. The highest BCUT2D eigenvalue weighted by Gasteiger charge is 2.60. The molecule has 7 nitrogen and oxygen atoms in total. The molecule has 0 aliphatic carbocycles. The number of aromatic nitrogens is 1. The molecule has 0 radical (unpaired) electrons. The van der Waals surface area contributed by atoms with E-state index in [2.05, 4.69) is 30.7 Å². The van der Waals surface area contributed by atoms with Gasteiger partial charge in [-0.05, 0) is 30.0 Å². The van der Waals surface area contributed by atoms with Crippen LogP contribution in [0.1, 0.15) is 54.4 Å². The molecule has 3 heterocycles. The molecule has 1 aromatic carbocycles. The maximum absolute atomic E-state index is 13.8. The second-order valence-electron chi connectivity index (χ2n) is 9.59. The van der Waals surface area contributed by atoms with Gasteiger partial charge in [-0.1, -0.05) is 38.4 Å². The van der Waals surface area contributed by atoms with Crippen LogP contribution in [-0.2, 0) is 10.2 Å². The molecule has 33 heavy (non-hydrogen) atoms. The average molecular weight is 487 g/mol. The quantitative estimate of drug-likeness (QED) is 0.692. The maximum Gasteiger partial charge on any atom is 0.330 e. The minimum atomic E-state index is -1.47. The lowest BCUT2D eigenvalue weighted by molar-refractivity contribution is -0.148. The summed E-state index contributed by atoms with van der Waals surface area (Å²) in [5.74, 6) is -1.87. The highest BCUT2D eigenvalue weighted by Crippen LogP contribution is 2.46. The molecule has 1 unspecified atom stereocenters. The zero-order valence-corrected chi connectivity index (χ0v) is 20.6. The van der Waals surface area contributed by atoms with E-state index in [9.17, 15) is 14.7 Å². The molecule has 9 heteroatoms. The van der Waals surface area contributed by atoms with Crippen molar-refractivity contribution in [3.8, 4) is 0 Å². The minimum absolute atomic E-state index is 0.174. The number of carbonyl (C=O) groups is 2. The Morgan fingerprint density at radius 2 is 2.06 bits per heavy atom. The van der Waals surface area contributed by atoms with Crippen molar-refractivity contribution in [2.24, 2.45) is 4.99 Å². The predicted octanol–water partition coefficient (Wildman–Crippen LogP) is 4.40. The molecule has 3 atom stereocenters. The van der Waals surface area contributed by atoms with Gasteiger partial charge < -0.3 is 14.9 Å². The Bertz CT molecular complexity index is 1130. The zero-order valence-electron chi connectivity index (χ0n) is 19.0. The number of thiazole rings is 1. The van der Waals surface area contributed by atoms with E-state index in [0.717, 1.165) is 10.4 Å². The zero-order chi connectivity index (χ0) is 24.0. The van der Waals surface area contributed by atoms with Crippen LogP contribution in [0.2, 0.25) is 5.02 Å². The first-order valence-electron chi connectivity index (χ1n) is 10.7. The molecule has 1 saturated heterocycles. The fourth-order valence-corrected chi connectivity index (χ4v) is 6.12. The van der Waals surface area contributed by atoms with E-state index in [1.165, 1.54) is 16.2 Å². The van der Waals surface area contributed by atoms with Crippen LogP contribution in [0, 0.1) is 0 Å². The molecular weight excluding hydrogens is 460 g/mol. The molecule has 2 aromatic rings. The van der Waals surface area contributed by atoms with E-state index in [1.807, 2.05) is 17.2 Å². The Morgan fingerprint density at radius 3 is 2.61 bits per heavy atom. The van der Waals surface area contributed by atoms with Crippen molar-refractivity contribution in [2.45, 2.75) is 50.6 Å². The van der Waals surface area contributed by atoms with Crippen LogP contribution in [0.15, 0.2) is 47.3 Å². The number of carbonyl (C=O) groups excluding carboxylic acids is 1. The summed E-state index contributed by atoms with van der Waals surface area (Å²) in [5.41, 5.74) is 1.36. The van der Waals surface area contributed by atoms with E-state index in [4.69, 9.17) is 11.6 Å². The fourth-order valence-electron chi connectivity index (χ4n) is 4.75. The number of rotatable bonds is 4. The highest BCUT2D eigenvalue weighted by atomic mass is 35.5. The molecule has 0 spiro atoms. The maximum atomic E-state index is 13.8. The van der Waals surface area contributed by atoms with Crippen LogP contribution < -0.4 is 0 Å². The smallest absolute Gasteiger partial charge is 0.330 e. The summed E-state index contributed by atoms with van der Waals surface area (Å²) in [5, 5.41) is 10.9. The largest absolute Gasteiger partial charge is 0.479 e. The first kappa shape index (κ1) is 23.4. The Kier molecular flexibility index (Phi) is 6.09. The van der Waals surface area contributed by atoms with E-state index in [1.54, 1.807) is 43.2 Å². The number of nitrogens with zero attached hydrogens (tertiary/aromatic N) is 4. The number of carboxylic acid groups (broad SMARTS) is 1. The average Bonchev–Trinajstić information content (AvgIpc) is 3.39. The van der Waals surface area contributed by atoms with Crippen molar-refractivity contribution in [2.75, 3.05) is 13.1 Å². The van der Waals surface area contributed by atoms with Crippen molar-refractivity contribution in [1.82, 2.24) is 14.8 Å². The van der Waals surface area contributed by atoms with Gasteiger partial charge in [0.15, 0.2) is 0 Å². The highest BCUT2D eigenvalue weighted by molar-refractivity contribution is 7.09. The number of aliphatic imine (C=N–C) groups is 1. The number of carboxylic acids is 1. The van der Waals surface area contributed by atoms with Crippen molar-refractivity contribution >= 4 is 41.0 Å². The van der Waals surface area contributed by atoms with E-state index in [0.29, 0.717) is 17.1 Å². The van der Waals surface area contributed by atoms with Crippen LogP contribution in [0.3, 0.4) is 0 Å². The summed E-state index contributed by atoms with van der Waals surface area (Å²) in [6.45, 7) is 8.58. The third-order valence-corrected chi connectivity index (χ3v) is 7.72. The summed E-state index contributed by atoms with van der Waals surface area (Å²) in [6, 6.07) is 4.99. The van der Waals surface area contributed by atoms with Gasteiger partial charge in [-0.3, -0.25) is 14.8 Å². The van der Waals surface area contributed by atoms with Crippen molar-refractivity contribution in [3.63, 3.8) is 0 Å². The van der Waals surface area contributed by atoms with Crippen molar-refractivity contribution in [3.05, 3.63) is 63.3 Å². The van der Waals surface area contributed by atoms with Gasteiger partial charge in [-0.25, -0.2) is 4.79 Å². The second-order valence-corrected chi connectivity index (χ2v) is 10.9. The van der Waals surface area contributed by atoms with Crippen LogP contribution >= 0.6 is 22.9 Å². The molecule has 1 aromatic heterocycles. The summed E-state index contributed by atoms with van der Waals surface area (Å²) in [6.07, 6.45) is 7.01. The number of hydrogen-bond acceptors (Lipinski definition) is 6. The topological polar surface area (TPSA) is 86.1 Å². The molecular formula is C24H27ClN4O3S. The third-order valence-electron chi connectivity index (χ3n) is 6.55. The number of aliphatic carboxylic acids is 1. The summed E-state index contributed by atoms with van der Waals surface area (Å²) in [7, 11) is 0. The Labute approximate surface area is 202 Å². The molecule has 2 aliphatic rings. The second kappa shape index (κ2) is 8.57. The Hall–Kier alpha value is -2.71. The van der Waals surface area contributed by atoms with Crippen molar-refractivity contribution < 1.29 is 14.7 Å².